The van der Waals surface area contributed by atoms with Crippen LogP contribution < -0.4 is 0 Å². The van der Waals surface area contributed by atoms with Crippen LogP contribution >= 0.6 is 12.2 Å². The molecule has 1 aromatic carbocycles. The molecule has 0 radical (unpaired) electrons. The number of aromatic nitrogens is 2. The Hall–Kier alpha value is -1.51. The number of hydrogen-bond donors (Lipinski definition) is 1. The lowest BCUT2D eigenvalue weighted by atomic mass is 9.76. The van der Waals surface area contributed by atoms with Crippen molar-refractivity contribution in [3.63, 3.8) is 0 Å². The molecular weight excluding hydrogens is 358 g/mol. The van der Waals surface area contributed by atoms with E-state index in [0.29, 0.717) is 35.4 Å². The zero-order chi connectivity index (χ0) is 18.2. The summed E-state index contributed by atoms with van der Waals surface area (Å²) >= 11 is 4.85. The Morgan fingerprint density at radius 2 is 1.80 bits per heavy atom. The highest BCUT2D eigenvalue weighted by Crippen LogP contribution is 2.35. The first-order valence-electron chi connectivity index (χ1n) is 8.34. The topological polar surface area (TPSA) is 79.2 Å². The lowest BCUT2D eigenvalue weighted by molar-refractivity contribution is 0.154. The third kappa shape index (κ3) is 3.86. The Bertz CT molecular complexity index is 884. The number of rotatable bonds is 3. The molecule has 0 bridgehead atoms. The minimum atomic E-state index is -3.47. The highest BCUT2D eigenvalue weighted by atomic mass is 32.2. The summed E-state index contributed by atoms with van der Waals surface area (Å²) < 4.78 is 32.6. The van der Waals surface area contributed by atoms with Crippen LogP contribution in [0.25, 0.3) is 11.5 Å². The molecule has 8 heteroatoms. The number of aromatic amines is 1. The number of sulfonamides is 1. The van der Waals surface area contributed by atoms with Gasteiger partial charge in [0.1, 0.15) is 0 Å². The van der Waals surface area contributed by atoms with E-state index in [1.165, 1.54) is 0 Å². The van der Waals surface area contributed by atoms with Crippen molar-refractivity contribution < 1.29 is 12.8 Å². The van der Waals surface area contributed by atoms with Crippen molar-refractivity contribution in [3.8, 4) is 11.5 Å². The van der Waals surface area contributed by atoms with Gasteiger partial charge in [-0.2, -0.15) is 4.31 Å². The van der Waals surface area contributed by atoms with Crippen LogP contribution in [-0.4, -0.2) is 36.0 Å². The van der Waals surface area contributed by atoms with Crippen molar-refractivity contribution in [2.45, 2.75) is 38.5 Å². The van der Waals surface area contributed by atoms with Crippen LogP contribution in [0.15, 0.2) is 33.6 Å². The van der Waals surface area contributed by atoms with E-state index >= 15 is 0 Å². The lowest BCUT2D eigenvalue weighted by Gasteiger charge is -2.38. The van der Waals surface area contributed by atoms with Crippen molar-refractivity contribution in [1.82, 2.24) is 14.5 Å². The highest BCUT2D eigenvalue weighted by Gasteiger charge is 2.33. The molecule has 0 amide bonds. The highest BCUT2D eigenvalue weighted by molar-refractivity contribution is 7.89. The maximum atomic E-state index is 12.9. The summed E-state index contributed by atoms with van der Waals surface area (Å²) in [6, 6.07) is 6.55. The quantitative estimate of drug-likeness (QED) is 0.817. The Labute approximate surface area is 153 Å². The van der Waals surface area contributed by atoms with Gasteiger partial charge < -0.3 is 4.42 Å². The standard InChI is InChI=1S/C17H23N3O3S2/c1-17(2,3)13-8-10-20(11-9-13)25(21,22)14-6-4-12(5-7-14)15-18-19-16(24)23-15/h4-7,13H,8-11H2,1-3H3,(H,19,24). The number of hydrogen-bond acceptors (Lipinski definition) is 5. The van der Waals surface area contributed by atoms with E-state index in [-0.39, 0.29) is 10.3 Å². The van der Waals surface area contributed by atoms with Gasteiger partial charge in [0, 0.05) is 18.7 Å². The molecule has 6 nitrogen and oxygen atoms in total. The molecule has 0 spiro atoms. The number of benzene rings is 1. The molecule has 1 aliphatic rings. The summed E-state index contributed by atoms with van der Waals surface area (Å²) in [5.41, 5.74) is 0.895. The van der Waals surface area contributed by atoms with E-state index in [4.69, 9.17) is 16.6 Å². The Balaban J connectivity index is 1.76. The predicted octanol–water partition coefficient (Wildman–Crippen LogP) is 3.85. The van der Waals surface area contributed by atoms with Crippen LogP contribution in [-0.2, 0) is 10.0 Å². The van der Waals surface area contributed by atoms with Gasteiger partial charge in [-0.1, -0.05) is 20.8 Å². The molecule has 0 unspecified atom stereocenters. The molecule has 0 aliphatic carbocycles. The number of nitrogens with zero attached hydrogens (tertiary/aromatic N) is 2. The average molecular weight is 382 g/mol. The van der Waals surface area contributed by atoms with E-state index in [9.17, 15) is 8.42 Å². The lowest BCUT2D eigenvalue weighted by Crippen LogP contribution is -2.41. The fourth-order valence-corrected chi connectivity index (χ4v) is 4.83. The van der Waals surface area contributed by atoms with Crippen LogP contribution in [0.5, 0.6) is 0 Å². The van der Waals surface area contributed by atoms with Gasteiger partial charge in [-0.05, 0) is 60.7 Å². The molecule has 25 heavy (non-hydrogen) atoms. The maximum absolute atomic E-state index is 12.9. The molecule has 1 N–H and O–H groups in total. The van der Waals surface area contributed by atoms with Gasteiger partial charge in [0.15, 0.2) is 0 Å². The zero-order valence-corrected chi connectivity index (χ0v) is 16.3. The van der Waals surface area contributed by atoms with Crippen LogP contribution in [0, 0.1) is 16.2 Å². The summed E-state index contributed by atoms with van der Waals surface area (Å²) in [5, 5.41) is 6.49. The summed E-state index contributed by atoms with van der Waals surface area (Å²) in [4.78, 5) is 0.480. The van der Waals surface area contributed by atoms with Gasteiger partial charge in [0.2, 0.25) is 15.9 Å². The SMILES string of the molecule is CC(C)(C)C1CCN(S(=O)(=O)c2ccc(-c3n[nH]c(=S)o3)cc2)CC1. The van der Waals surface area contributed by atoms with Gasteiger partial charge >= 0.3 is 0 Å². The molecule has 136 valence electrons. The molecule has 2 heterocycles. The van der Waals surface area contributed by atoms with Crippen molar-refractivity contribution in [3.05, 3.63) is 29.1 Å². The summed E-state index contributed by atoms with van der Waals surface area (Å²) in [6.07, 6.45) is 1.79. The largest absolute Gasteiger partial charge is 0.409 e. The second-order valence-corrected chi connectivity index (χ2v) is 9.80. The fourth-order valence-electron chi connectivity index (χ4n) is 3.23. The van der Waals surface area contributed by atoms with Crippen molar-refractivity contribution in [1.29, 1.82) is 0 Å². The number of nitrogens with one attached hydrogen (secondary N) is 1. The number of H-pyrrole nitrogens is 1. The molecule has 2 aromatic rings. The Morgan fingerprint density at radius 3 is 2.28 bits per heavy atom. The Kier molecular flexibility index (Phi) is 4.87. The molecular formula is C17H23N3O3S2. The van der Waals surface area contributed by atoms with Crippen LogP contribution in [0.2, 0.25) is 0 Å². The molecule has 1 fully saturated rings. The van der Waals surface area contributed by atoms with Gasteiger partial charge in [-0.15, -0.1) is 5.10 Å². The Morgan fingerprint density at radius 1 is 1.20 bits per heavy atom. The van der Waals surface area contributed by atoms with Gasteiger partial charge in [-0.3, -0.25) is 0 Å². The van der Waals surface area contributed by atoms with Gasteiger partial charge in [0.05, 0.1) is 4.90 Å². The molecule has 0 saturated carbocycles. The first-order valence-corrected chi connectivity index (χ1v) is 10.2. The summed E-state index contributed by atoms with van der Waals surface area (Å²) in [5.74, 6) is 0.898. The van der Waals surface area contributed by atoms with E-state index in [1.807, 2.05) is 0 Å². The van der Waals surface area contributed by atoms with E-state index < -0.39 is 10.0 Å². The zero-order valence-electron chi connectivity index (χ0n) is 14.7. The van der Waals surface area contributed by atoms with Crippen molar-refractivity contribution in [2.75, 3.05) is 13.1 Å². The first-order chi connectivity index (χ1) is 11.7. The molecule has 1 aromatic heterocycles. The van der Waals surface area contributed by atoms with Crippen molar-refractivity contribution >= 4 is 22.2 Å². The van der Waals surface area contributed by atoms with Crippen molar-refractivity contribution in [2.24, 2.45) is 11.3 Å². The normalized spacial score (nSPS) is 17.7. The second kappa shape index (κ2) is 6.66. The fraction of sp³-hybridized carbons (Fsp3) is 0.529. The number of piperidine rings is 1. The minimum absolute atomic E-state index is 0.188. The second-order valence-electron chi connectivity index (χ2n) is 7.49. The van der Waals surface area contributed by atoms with Crippen LogP contribution in [0.4, 0.5) is 0 Å². The third-order valence-corrected chi connectivity index (χ3v) is 6.94. The van der Waals surface area contributed by atoms with E-state index in [2.05, 4.69) is 31.0 Å². The molecule has 0 atom stereocenters. The van der Waals surface area contributed by atoms with Gasteiger partial charge in [0.25, 0.3) is 4.84 Å². The van der Waals surface area contributed by atoms with E-state index in [0.717, 1.165) is 12.8 Å². The summed E-state index contributed by atoms with van der Waals surface area (Å²) in [6.45, 7) is 7.79. The smallest absolute Gasteiger partial charge is 0.284 e. The first kappa shape index (κ1) is 18.3. The average Bonchev–Trinajstić information content (AvgIpc) is 3.01. The minimum Gasteiger partial charge on any atom is -0.409 e. The molecule has 1 aliphatic heterocycles. The van der Waals surface area contributed by atoms with Crippen LogP contribution in [0.1, 0.15) is 33.6 Å². The predicted molar refractivity (Wildman–Crippen MR) is 98.1 cm³/mol. The van der Waals surface area contributed by atoms with E-state index in [1.54, 1.807) is 28.6 Å². The molecule has 1 saturated heterocycles. The molecule has 3 rings (SSSR count). The van der Waals surface area contributed by atoms with Gasteiger partial charge in [-0.25, -0.2) is 13.5 Å². The summed E-state index contributed by atoms with van der Waals surface area (Å²) in [7, 11) is -3.47. The monoisotopic (exact) mass is 381 g/mol. The van der Waals surface area contributed by atoms with Crippen LogP contribution in [0.3, 0.4) is 0 Å². The third-order valence-electron chi connectivity index (χ3n) is 4.86. The maximum Gasteiger partial charge on any atom is 0.284 e.